The van der Waals surface area contributed by atoms with E-state index in [2.05, 4.69) is 21.8 Å². The number of hydrogen-bond donors (Lipinski definition) is 1. The molecule has 23 heavy (non-hydrogen) atoms. The summed E-state index contributed by atoms with van der Waals surface area (Å²) < 4.78 is 0. The van der Waals surface area contributed by atoms with Crippen LogP contribution in [0.15, 0.2) is 35.5 Å². The summed E-state index contributed by atoms with van der Waals surface area (Å²) in [6.07, 6.45) is 1.90. The highest BCUT2D eigenvalue weighted by Crippen LogP contribution is 2.24. The van der Waals surface area contributed by atoms with Gasteiger partial charge in [-0.15, -0.1) is 0 Å². The van der Waals surface area contributed by atoms with Crippen molar-refractivity contribution in [1.29, 1.82) is 0 Å². The zero-order valence-electron chi connectivity index (χ0n) is 13.2. The van der Waals surface area contributed by atoms with E-state index in [4.69, 9.17) is 0 Å². The van der Waals surface area contributed by atoms with Crippen LogP contribution in [0.3, 0.4) is 0 Å². The number of aliphatic imine (C=N–C) groups is 1. The van der Waals surface area contributed by atoms with Crippen molar-refractivity contribution < 1.29 is 4.79 Å². The van der Waals surface area contributed by atoms with Gasteiger partial charge in [0.05, 0.1) is 6.54 Å². The molecule has 1 aromatic carbocycles. The smallest absolute Gasteiger partial charge is 0.253 e. The average molecular weight is 328 g/mol. The second kappa shape index (κ2) is 5.92. The standard InChI is InChI=1S/C17H20N4OS/c1-12-11-19-17(23-12)21-8-6-20(7-9-21)16(22)14-2-3-15-13(10-14)4-5-18-15/h2-5,10,12,18H,6-9,11H2,1H3/t12-/m0/s1. The van der Waals surface area contributed by atoms with Crippen molar-refractivity contribution in [1.82, 2.24) is 14.8 Å². The van der Waals surface area contributed by atoms with Crippen molar-refractivity contribution in [2.75, 3.05) is 32.7 Å². The topological polar surface area (TPSA) is 51.7 Å². The van der Waals surface area contributed by atoms with E-state index >= 15 is 0 Å². The van der Waals surface area contributed by atoms with Gasteiger partial charge in [0.25, 0.3) is 5.91 Å². The normalized spacial score (nSPS) is 21.8. The Labute approximate surface area is 139 Å². The Bertz CT molecular complexity index is 761. The van der Waals surface area contributed by atoms with Crippen LogP contribution in [-0.4, -0.2) is 63.8 Å². The second-order valence-electron chi connectivity index (χ2n) is 6.11. The first-order chi connectivity index (χ1) is 11.2. The number of hydrogen-bond acceptors (Lipinski definition) is 4. The van der Waals surface area contributed by atoms with Crippen LogP contribution in [-0.2, 0) is 0 Å². The number of carbonyl (C=O) groups is 1. The van der Waals surface area contributed by atoms with E-state index in [-0.39, 0.29) is 5.91 Å². The summed E-state index contributed by atoms with van der Waals surface area (Å²) in [6.45, 7) is 6.39. The molecule has 5 nitrogen and oxygen atoms in total. The third-order valence-electron chi connectivity index (χ3n) is 4.43. The van der Waals surface area contributed by atoms with Crippen molar-refractivity contribution in [2.24, 2.45) is 4.99 Å². The Kier molecular flexibility index (Phi) is 3.77. The van der Waals surface area contributed by atoms with Crippen LogP contribution in [0, 0.1) is 0 Å². The lowest BCUT2D eigenvalue weighted by Crippen LogP contribution is -2.49. The molecule has 0 unspecified atom stereocenters. The molecule has 2 aliphatic rings. The lowest BCUT2D eigenvalue weighted by molar-refractivity contribution is 0.0694. The lowest BCUT2D eigenvalue weighted by Gasteiger charge is -2.35. The third-order valence-corrected chi connectivity index (χ3v) is 5.58. The van der Waals surface area contributed by atoms with Crippen LogP contribution in [0.2, 0.25) is 0 Å². The van der Waals surface area contributed by atoms with Gasteiger partial charge < -0.3 is 14.8 Å². The van der Waals surface area contributed by atoms with Crippen molar-refractivity contribution in [3.8, 4) is 0 Å². The Balaban J connectivity index is 1.42. The van der Waals surface area contributed by atoms with Gasteiger partial charge in [-0.1, -0.05) is 18.7 Å². The minimum Gasteiger partial charge on any atom is -0.361 e. The number of thioether (sulfide) groups is 1. The number of carbonyl (C=O) groups excluding carboxylic acids is 1. The number of amidine groups is 1. The Morgan fingerprint density at radius 2 is 2.09 bits per heavy atom. The SMILES string of the molecule is C[C@H]1CN=C(N2CCN(C(=O)c3ccc4[nH]ccc4c3)CC2)S1. The lowest BCUT2D eigenvalue weighted by atomic mass is 10.1. The summed E-state index contributed by atoms with van der Waals surface area (Å²) in [6, 6.07) is 7.86. The highest BCUT2D eigenvalue weighted by Gasteiger charge is 2.27. The molecule has 3 heterocycles. The monoisotopic (exact) mass is 328 g/mol. The van der Waals surface area contributed by atoms with Gasteiger partial charge in [0.15, 0.2) is 5.17 Å². The summed E-state index contributed by atoms with van der Waals surface area (Å²) in [5.41, 5.74) is 1.84. The first-order valence-corrected chi connectivity index (χ1v) is 8.91. The fourth-order valence-corrected chi connectivity index (χ4v) is 4.10. The predicted molar refractivity (Wildman–Crippen MR) is 95.1 cm³/mol. The number of aromatic nitrogens is 1. The van der Waals surface area contributed by atoms with E-state index < -0.39 is 0 Å². The Morgan fingerprint density at radius 3 is 2.83 bits per heavy atom. The number of H-pyrrole nitrogens is 1. The number of nitrogens with zero attached hydrogens (tertiary/aromatic N) is 3. The molecule has 0 bridgehead atoms. The van der Waals surface area contributed by atoms with E-state index in [0.29, 0.717) is 5.25 Å². The average Bonchev–Trinajstić information content (AvgIpc) is 3.22. The second-order valence-corrected chi connectivity index (χ2v) is 7.52. The van der Waals surface area contributed by atoms with E-state index in [0.717, 1.165) is 54.4 Å². The summed E-state index contributed by atoms with van der Waals surface area (Å²) in [5.74, 6) is 0.127. The molecule has 0 radical (unpaired) electrons. The number of aromatic amines is 1. The molecule has 0 saturated carbocycles. The largest absolute Gasteiger partial charge is 0.361 e. The van der Waals surface area contributed by atoms with E-state index in [1.807, 2.05) is 47.1 Å². The van der Waals surface area contributed by atoms with Gasteiger partial charge in [-0.05, 0) is 24.3 Å². The molecule has 120 valence electrons. The highest BCUT2D eigenvalue weighted by molar-refractivity contribution is 8.14. The van der Waals surface area contributed by atoms with Crippen LogP contribution in [0.4, 0.5) is 0 Å². The minimum atomic E-state index is 0.127. The maximum atomic E-state index is 12.7. The molecule has 6 heteroatoms. The quantitative estimate of drug-likeness (QED) is 0.875. The van der Waals surface area contributed by atoms with Crippen LogP contribution < -0.4 is 0 Å². The molecule has 1 aromatic heterocycles. The van der Waals surface area contributed by atoms with E-state index in [1.165, 1.54) is 0 Å². The summed E-state index contributed by atoms with van der Waals surface area (Å²) in [4.78, 5) is 24.7. The number of fused-ring (bicyclic) bond motifs is 1. The van der Waals surface area contributed by atoms with Gasteiger partial charge in [-0.25, -0.2) is 0 Å². The number of amides is 1. The molecule has 4 rings (SSSR count). The molecule has 1 fully saturated rings. The fourth-order valence-electron chi connectivity index (χ4n) is 3.11. The maximum absolute atomic E-state index is 12.7. The molecule has 1 atom stereocenters. The van der Waals surface area contributed by atoms with Gasteiger partial charge in [0.2, 0.25) is 0 Å². The summed E-state index contributed by atoms with van der Waals surface area (Å²) in [5, 5.41) is 2.82. The van der Waals surface area contributed by atoms with E-state index in [1.54, 1.807) is 0 Å². The third kappa shape index (κ3) is 2.83. The number of benzene rings is 1. The first kappa shape index (κ1) is 14.6. The van der Waals surface area contributed by atoms with Crippen molar-refractivity contribution >= 4 is 33.7 Å². The molecule has 1 amide bonds. The molecule has 2 aromatic rings. The van der Waals surface area contributed by atoms with Gasteiger partial charge in [-0.3, -0.25) is 9.79 Å². The zero-order valence-corrected chi connectivity index (χ0v) is 14.0. The fraction of sp³-hybridized carbons (Fsp3) is 0.412. The summed E-state index contributed by atoms with van der Waals surface area (Å²) in [7, 11) is 0. The van der Waals surface area contributed by atoms with Crippen LogP contribution in [0.25, 0.3) is 10.9 Å². The zero-order chi connectivity index (χ0) is 15.8. The van der Waals surface area contributed by atoms with Crippen molar-refractivity contribution in [3.63, 3.8) is 0 Å². The number of nitrogens with one attached hydrogen (secondary N) is 1. The molecule has 0 spiro atoms. The Hall–Kier alpha value is -1.95. The molecule has 1 N–H and O–H groups in total. The number of piperazine rings is 1. The van der Waals surface area contributed by atoms with Crippen LogP contribution in [0.5, 0.6) is 0 Å². The van der Waals surface area contributed by atoms with Crippen molar-refractivity contribution in [2.45, 2.75) is 12.2 Å². The predicted octanol–water partition coefficient (Wildman–Crippen LogP) is 2.42. The van der Waals surface area contributed by atoms with Gasteiger partial charge in [-0.2, -0.15) is 0 Å². The maximum Gasteiger partial charge on any atom is 0.253 e. The minimum absolute atomic E-state index is 0.127. The molecular formula is C17H20N4OS. The number of rotatable bonds is 1. The van der Waals surface area contributed by atoms with Gasteiger partial charge in [0, 0.05) is 54.1 Å². The summed E-state index contributed by atoms with van der Waals surface area (Å²) >= 11 is 1.85. The first-order valence-electron chi connectivity index (χ1n) is 8.03. The van der Waals surface area contributed by atoms with Gasteiger partial charge >= 0.3 is 0 Å². The van der Waals surface area contributed by atoms with Crippen LogP contribution >= 0.6 is 11.8 Å². The highest BCUT2D eigenvalue weighted by atomic mass is 32.2. The van der Waals surface area contributed by atoms with Gasteiger partial charge in [0.1, 0.15) is 0 Å². The van der Waals surface area contributed by atoms with E-state index in [9.17, 15) is 4.79 Å². The Morgan fingerprint density at radius 1 is 1.26 bits per heavy atom. The van der Waals surface area contributed by atoms with Crippen molar-refractivity contribution in [3.05, 3.63) is 36.0 Å². The molecule has 0 aliphatic carbocycles. The molecule has 2 aliphatic heterocycles. The molecule has 1 saturated heterocycles. The molecular weight excluding hydrogens is 308 g/mol. The van der Waals surface area contributed by atoms with Crippen LogP contribution in [0.1, 0.15) is 17.3 Å².